The van der Waals surface area contributed by atoms with E-state index in [1.54, 1.807) is 14.0 Å². The van der Waals surface area contributed by atoms with Crippen LogP contribution in [0, 0.1) is 6.92 Å². The molecule has 1 aliphatic carbocycles. The Hall–Kier alpha value is -2.41. The van der Waals surface area contributed by atoms with E-state index in [4.69, 9.17) is 0 Å². The van der Waals surface area contributed by atoms with E-state index in [-0.39, 0.29) is 49.4 Å². The lowest BCUT2D eigenvalue weighted by molar-refractivity contribution is -0.142. The fourth-order valence-corrected chi connectivity index (χ4v) is 5.29. The monoisotopic (exact) mass is 460 g/mol. The first-order valence-electron chi connectivity index (χ1n) is 9.90. The van der Waals surface area contributed by atoms with Gasteiger partial charge in [0.25, 0.3) is 0 Å². The molecule has 0 unspecified atom stereocenters. The van der Waals surface area contributed by atoms with E-state index < -0.39 is 21.9 Å². The molecule has 0 spiro atoms. The number of amides is 1. The summed E-state index contributed by atoms with van der Waals surface area (Å²) < 4.78 is 68.8. The van der Waals surface area contributed by atoms with E-state index in [0.29, 0.717) is 11.4 Å². The number of hydrogen-bond acceptors (Lipinski definition) is 5. The third kappa shape index (κ3) is 4.20. The van der Waals surface area contributed by atoms with Crippen LogP contribution in [0.4, 0.5) is 13.2 Å². The van der Waals surface area contributed by atoms with Crippen LogP contribution in [-0.4, -0.2) is 69.3 Å². The number of sulfonamides is 1. The highest BCUT2D eigenvalue weighted by Crippen LogP contribution is 2.42. The van der Waals surface area contributed by atoms with Crippen molar-refractivity contribution in [1.82, 2.24) is 28.8 Å². The molecule has 0 N–H and O–H groups in total. The summed E-state index contributed by atoms with van der Waals surface area (Å²) in [6.07, 6.45) is -1.71. The zero-order valence-corrected chi connectivity index (χ0v) is 17.9. The number of rotatable bonds is 5. The van der Waals surface area contributed by atoms with Crippen molar-refractivity contribution in [2.24, 2.45) is 7.05 Å². The van der Waals surface area contributed by atoms with Crippen LogP contribution in [0.15, 0.2) is 17.2 Å². The van der Waals surface area contributed by atoms with Crippen molar-refractivity contribution in [3.8, 4) is 0 Å². The van der Waals surface area contributed by atoms with Gasteiger partial charge in [-0.1, -0.05) is 0 Å². The van der Waals surface area contributed by atoms with Crippen molar-refractivity contribution in [1.29, 1.82) is 0 Å². The molecule has 31 heavy (non-hydrogen) atoms. The highest BCUT2D eigenvalue weighted by Gasteiger charge is 2.38. The standard InChI is InChI=1S/C18H23F3N6O3S/c1-12-15(10-22-24(12)2)31(29,30)26-7-5-25(6-8-26)17(28)11-27-14(13-3-4-13)9-16(23-27)18(19,20)21/h9-10,13H,3-8,11H2,1-2H3. The molecule has 1 saturated heterocycles. The molecular weight excluding hydrogens is 437 g/mol. The average Bonchev–Trinajstić information content (AvgIpc) is 3.37. The van der Waals surface area contributed by atoms with Crippen molar-refractivity contribution in [3.63, 3.8) is 0 Å². The van der Waals surface area contributed by atoms with Gasteiger partial charge in [0.2, 0.25) is 15.9 Å². The summed E-state index contributed by atoms with van der Waals surface area (Å²) in [6, 6.07) is 1.02. The Morgan fingerprint density at radius 1 is 1.19 bits per heavy atom. The molecule has 0 aromatic carbocycles. The molecule has 4 rings (SSSR count). The van der Waals surface area contributed by atoms with Gasteiger partial charge < -0.3 is 4.90 Å². The summed E-state index contributed by atoms with van der Waals surface area (Å²) in [5.74, 6) is -0.380. The number of piperazine rings is 1. The normalized spacial score (nSPS) is 18.5. The molecule has 2 aliphatic rings. The average molecular weight is 460 g/mol. The van der Waals surface area contributed by atoms with Gasteiger partial charge in [-0.15, -0.1) is 0 Å². The van der Waals surface area contributed by atoms with Gasteiger partial charge in [-0.3, -0.25) is 14.2 Å². The van der Waals surface area contributed by atoms with E-state index in [1.165, 1.54) is 20.1 Å². The number of carbonyl (C=O) groups is 1. The molecule has 1 amide bonds. The predicted octanol–water partition coefficient (Wildman–Crippen LogP) is 1.35. The van der Waals surface area contributed by atoms with Crippen molar-refractivity contribution in [3.05, 3.63) is 29.3 Å². The van der Waals surface area contributed by atoms with Crippen LogP contribution in [0.3, 0.4) is 0 Å². The fourth-order valence-electron chi connectivity index (χ4n) is 3.68. The maximum absolute atomic E-state index is 13.0. The van der Waals surface area contributed by atoms with E-state index in [2.05, 4.69) is 10.2 Å². The summed E-state index contributed by atoms with van der Waals surface area (Å²) in [5, 5.41) is 7.58. The Bertz CT molecular complexity index is 1100. The largest absolute Gasteiger partial charge is 0.435 e. The van der Waals surface area contributed by atoms with Crippen molar-refractivity contribution in [2.45, 2.75) is 43.3 Å². The first-order valence-corrected chi connectivity index (χ1v) is 11.3. The molecule has 9 nitrogen and oxygen atoms in total. The van der Waals surface area contributed by atoms with Gasteiger partial charge in [-0.25, -0.2) is 8.42 Å². The minimum Gasteiger partial charge on any atom is -0.338 e. The first-order chi connectivity index (χ1) is 14.5. The number of aryl methyl sites for hydroxylation is 1. The molecule has 13 heteroatoms. The minimum atomic E-state index is -4.57. The third-order valence-corrected chi connectivity index (χ3v) is 7.78. The maximum atomic E-state index is 13.0. The zero-order valence-electron chi connectivity index (χ0n) is 17.1. The number of nitrogens with zero attached hydrogens (tertiary/aromatic N) is 6. The molecule has 3 heterocycles. The van der Waals surface area contributed by atoms with Gasteiger partial charge in [-0.2, -0.15) is 27.7 Å². The highest BCUT2D eigenvalue weighted by molar-refractivity contribution is 7.89. The van der Waals surface area contributed by atoms with Crippen LogP contribution >= 0.6 is 0 Å². The van der Waals surface area contributed by atoms with Gasteiger partial charge >= 0.3 is 6.18 Å². The lowest BCUT2D eigenvalue weighted by Gasteiger charge is -2.34. The second-order valence-electron chi connectivity index (χ2n) is 7.89. The van der Waals surface area contributed by atoms with E-state index >= 15 is 0 Å². The van der Waals surface area contributed by atoms with Crippen LogP contribution in [0.1, 0.15) is 35.8 Å². The summed E-state index contributed by atoms with van der Waals surface area (Å²) in [5.41, 5.74) is -0.0517. The smallest absolute Gasteiger partial charge is 0.338 e. The third-order valence-electron chi connectivity index (χ3n) is 5.78. The molecule has 1 aliphatic heterocycles. The van der Waals surface area contributed by atoms with Gasteiger partial charge in [0.05, 0.1) is 11.9 Å². The van der Waals surface area contributed by atoms with Crippen molar-refractivity contribution < 1.29 is 26.4 Å². The Balaban J connectivity index is 1.42. The topological polar surface area (TPSA) is 93.3 Å². The SMILES string of the molecule is Cc1c(S(=O)(=O)N2CCN(C(=O)Cn3nc(C(F)(F)F)cc3C3CC3)CC2)cnn1C. The van der Waals surface area contributed by atoms with Gasteiger partial charge in [-0.05, 0) is 25.8 Å². The highest BCUT2D eigenvalue weighted by atomic mass is 32.2. The second-order valence-corrected chi connectivity index (χ2v) is 9.79. The van der Waals surface area contributed by atoms with Gasteiger partial charge in [0.1, 0.15) is 11.4 Å². The molecule has 0 atom stereocenters. The molecule has 0 radical (unpaired) electrons. The molecule has 1 saturated carbocycles. The Morgan fingerprint density at radius 3 is 2.35 bits per heavy atom. The van der Waals surface area contributed by atoms with E-state index in [0.717, 1.165) is 23.6 Å². The molecule has 0 bridgehead atoms. The van der Waals surface area contributed by atoms with Crippen LogP contribution in [0.2, 0.25) is 0 Å². The predicted molar refractivity (Wildman–Crippen MR) is 102 cm³/mol. The lowest BCUT2D eigenvalue weighted by atomic mass is 10.2. The van der Waals surface area contributed by atoms with E-state index in [1.807, 2.05) is 0 Å². The fraction of sp³-hybridized carbons (Fsp3) is 0.611. The second kappa shape index (κ2) is 7.62. The van der Waals surface area contributed by atoms with E-state index in [9.17, 15) is 26.4 Å². The number of alkyl halides is 3. The number of hydrogen-bond donors (Lipinski definition) is 0. The van der Waals surface area contributed by atoms with Crippen molar-refractivity contribution in [2.75, 3.05) is 26.2 Å². The van der Waals surface area contributed by atoms with Gasteiger partial charge in [0.15, 0.2) is 5.69 Å². The quantitative estimate of drug-likeness (QED) is 0.672. The maximum Gasteiger partial charge on any atom is 0.435 e. The van der Waals surface area contributed by atoms with Crippen LogP contribution in [-0.2, 0) is 34.6 Å². The summed E-state index contributed by atoms with van der Waals surface area (Å²) in [7, 11) is -2.08. The Morgan fingerprint density at radius 2 is 1.84 bits per heavy atom. The summed E-state index contributed by atoms with van der Waals surface area (Å²) in [6.45, 7) is 1.88. The molecule has 2 aromatic heterocycles. The Kier molecular flexibility index (Phi) is 5.36. The number of halogens is 3. The summed E-state index contributed by atoms with van der Waals surface area (Å²) in [4.78, 5) is 14.3. The first kappa shape index (κ1) is 21.8. The lowest BCUT2D eigenvalue weighted by Crippen LogP contribution is -2.51. The molecule has 2 aromatic rings. The zero-order chi connectivity index (χ0) is 22.6. The molecule has 2 fully saturated rings. The Labute approximate surface area is 177 Å². The molecular formula is C18H23F3N6O3S. The van der Waals surface area contributed by atoms with Crippen LogP contribution in [0.25, 0.3) is 0 Å². The molecule has 170 valence electrons. The van der Waals surface area contributed by atoms with Crippen LogP contribution in [0.5, 0.6) is 0 Å². The number of aromatic nitrogens is 4. The summed E-state index contributed by atoms with van der Waals surface area (Å²) >= 11 is 0. The number of carbonyl (C=O) groups excluding carboxylic acids is 1. The van der Waals surface area contributed by atoms with Crippen LogP contribution < -0.4 is 0 Å². The van der Waals surface area contributed by atoms with Crippen molar-refractivity contribution >= 4 is 15.9 Å². The van der Waals surface area contributed by atoms with Gasteiger partial charge in [0, 0.05) is 44.8 Å². The minimum absolute atomic E-state index is 0.00103.